The van der Waals surface area contributed by atoms with Gasteiger partial charge in [-0.15, -0.1) is 0 Å². The number of carbonyl (C=O) groups is 2. The summed E-state index contributed by atoms with van der Waals surface area (Å²) in [6, 6.07) is 16.6. The number of nitrogens with one attached hydrogen (secondary N) is 1. The number of unbranched alkanes of at least 4 members (excludes halogenated alkanes) is 3. The molecule has 0 bridgehead atoms. The summed E-state index contributed by atoms with van der Waals surface area (Å²) in [6.45, 7) is 0.991. The lowest BCUT2D eigenvalue weighted by atomic mass is 10.0. The van der Waals surface area contributed by atoms with E-state index in [0.717, 1.165) is 37.0 Å². The van der Waals surface area contributed by atoms with E-state index in [1.165, 1.54) is 3.57 Å². The maximum absolute atomic E-state index is 12.3. The summed E-state index contributed by atoms with van der Waals surface area (Å²) >= 11 is 2.26. The standard InChI is InChI=1S/C22H25BINO4/c23-22(27)25-20(16-17-8-4-3-5-9-17)21(26)29-15-7-2-1-6-14-28-19-12-10-18(24)11-13-19/h3-5,8-13,20H,1-2,6-7,14-16H2,(H,25,27)/t20-/m0/s1. The first-order valence-electron chi connectivity index (χ1n) is 9.69. The van der Waals surface area contributed by atoms with E-state index in [9.17, 15) is 9.59 Å². The Balaban J connectivity index is 1.60. The topological polar surface area (TPSA) is 64.6 Å². The molecule has 2 rings (SSSR count). The van der Waals surface area contributed by atoms with Gasteiger partial charge in [-0.2, -0.15) is 0 Å². The maximum atomic E-state index is 12.3. The van der Waals surface area contributed by atoms with Gasteiger partial charge in [-0.1, -0.05) is 30.3 Å². The molecule has 0 aliphatic carbocycles. The molecule has 7 heteroatoms. The van der Waals surface area contributed by atoms with Crippen LogP contribution in [0.2, 0.25) is 0 Å². The fraction of sp³-hybridized carbons (Fsp3) is 0.364. The predicted octanol–water partition coefficient (Wildman–Crippen LogP) is 4.26. The minimum atomic E-state index is -0.780. The van der Waals surface area contributed by atoms with Crippen molar-refractivity contribution in [3.63, 3.8) is 0 Å². The highest BCUT2D eigenvalue weighted by molar-refractivity contribution is 14.1. The Morgan fingerprint density at radius 1 is 0.931 bits per heavy atom. The van der Waals surface area contributed by atoms with Crippen LogP contribution in [-0.4, -0.2) is 38.9 Å². The summed E-state index contributed by atoms with van der Waals surface area (Å²) in [4.78, 5) is 23.5. The van der Waals surface area contributed by atoms with E-state index in [0.29, 0.717) is 19.6 Å². The summed E-state index contributed by atoms with van der Waals surface area (Å²) in [7, 11) is 5.19. The maximum Gasteiger partial charge on any atom is 0.328 e. The van der Waals surface area contributed by atoms with Gasteiger partial charge in [0.2, 0.25) is 7.85 Å². The van der Waals surface area contributed by atoms with E-state index in [-0.39, 0.29) is 0 Å². The van der Waals surface area contributed by atoms with Crippen molar-refractivity contribution in [1.29, 1.82) is 0 Å². The lowest BCUT2D eigenvalue weighted by Crippen LogP contribution is -2.43. The van der Waals surface area contributed by atoms with E-state index in [1.54, 1.807) is 0 Å². The Kier molecular flexibility index (Phi) is 10.6. The molecule has 0 unspecified atom stereocenters. The third-order valence-corrected chi connectivity index (χ3v) is 4.97. The molecule has 0 aromatic heterocycles. The molecule has 0 aliphatic rings. The van der Waals surface area contributed by atoms with Crippen LogP contribution in [-0.2, 0) is 16.0 Å². The molecular formula is C22H25BINO4. The van der Waals surface area contributed by atoms with Crippen molar-refractivity contribution in [2.75, 3.05) is 13.2 Å². The van der Waals surface area contributed by atoms with Crippen LogP contribution in [0, 0.1) is 3.57 Å². The van der Waals surface area contributed by atoms with Crippen LogP contribution in [0.1, 0.15) is 31.2 Å². The molecule has 2 radical (unpaired) electrons. The molecule has 1 amide bonds. The van der Waals surface area contributed by atoms with Gasteiger partial charge in [0.05, 0.1) is 13.2 Å². The monoisotopic (exact) mass is 505 g/mol. The molecule has 1 N–H and O–H groups in total. The fourth-order valence-electron chi connectivity index (χ4n) is 2.77. The molecule has 0 fully saturated rings. The van der Waals surface area contributed by atoms with Crippen molar-refractivity contribution >= 4 is 42.2 Å². The van der Waals surface area contributed by atoms with Gasteiger partial charge >= 0.3 is 5.97 Å². The lowest BCUT2D eigenvalue weighted by molar-refractivity contribution is -0.145. The van der Waals surface area contributed by atoms with Crippen molar-refractivity contribution in [2.24, 2.45) is 0 Å². The van der Waals surface area contributed by atoms with Crippen molar-refractivity contribution in [2.45, 2.75) is 38.1 Å². The van der Waals surface area contributed by atoms with Gasteiger partial charge in [-0.25, -0.2) is 4.79 Å². The molecule has 2 aromatic carbocycles. The Labute approximate surface area is 187 Å². The summed E-state index contributed by atoms with van der Waals surface area (Å²) < 4.78 is 12.2. The number of hydrogen-bond acceptors (Lipinski definition) is 4. The number of ether oxygens (including phenoxy) is 2. The number of benzene rings is 2. The fourth-order valence-corrected chi connectivity index (χ4v) is 3.13. The SMILES string of the molecule is [B]C(=O)N[C@@H](Cc1ccccc1)C(=O)OCCCCCCOc1ccc(I)cc1. The van der Waals surface area contributed by atoms with Gasteiger partial charge in [0.1, 0.15) is 11.8 Å². The molecule has 0 saturated heterocycles. The summed E-state index contributed by atoms with van der Waals surface area (Å²) in [5.41, 5.74) is 0.927. The lowest BCUT2D eigenvalue weighted by Gasteiger charge is -2.17. The second-order valence-electron chi connectivity index (χ2n) is 6.63. The zero-order chi connectivity index (χ0) is 20.9. The third kappa shape index (κ3) is 9.83. The predicted molar refractivity (Wildman–Crippen MR) is 122 cm³/mol. The molecule has 0 saturated carbocycles. The van der Waals surface area contributed by atoms with Crippen LogP contribution in [0.4, 0.5) is 4.79 Å². The Bertz CT molecular complexity index is 755. The van der Waals surface area contributed by atoms with Crippen LogP contribution in [0.3, 0.4) is 0 Å². The van der Waals surface area contributed by atoms with E-state index in [4.69, 9.17) is 17.3 Å². The number of esters is 1. The van der Waals surface area contributed by atoms with Crippen LogP contribution >= 0.6 is 22.6 Å². The Hall–Kier alpha value is -2.03. The zero-order valence-corrected chi connectivity index (χ0v) is 18.5. The Morgan fingerprint density at radius 3 is 2.24 bits per heavy atom. The average Bonchev–Trinajstić information content (AvgIpc) is 2.71. The molecule has 5 nitrogen and oxygen atoms in total. The summed E-state index contributed by atoms with van der Waals surface area (Å²) in [6.07, 6.45) is 3.99. The first kappa shape index (κ1) is 23.3. The van der Waals surface area contributed by atoms with Gasteiger partial charge in [0.15, 0.2) is 5.81 Å². The van der Waals surface area contributed by atoms with E-state index in [2.05, 4.69) is 27.9 Å². The molecule has 0 heterocycles. The van der Waals surface area contributed by atoms with Crippen LogP contribution in [0.15, 0.2) is 54.6 Å². The van der Waals surface area contributed by atoms with Gasteiger partial charge in [-0.3, -0.25) is 4.79 Å². The first-order chi connectivity index (χ1) is 14.0. The van der Waals surface area contributed by atoms with Crippen molar-refractivity contribution in [1.82, 2.24) is 5.32 Å². The number of hydrogen-bond donors (Lipinski definition) is 1. The quantitative estimate of drug-likeness (QED) is 0.203. The van der Waals surface area contributed by atoms with Crippen LogP contribution in [0.5, 0.6) is 5.75 Å². The van der Waals surface area contributed by atoms with E-state index >= 15 is 0 Å². The van der Waals surface area contributed by atoms with Gasteiger partial charge in [-0.05, 0) is 78.1 Å². The van der Waals surface area contributed by atoms with Gasteiger partial charge < -0.3 is 14.8 Å². The second kappa shape index (κ2) is 13.2. The molecule has 29 heavy (non-hydrogen) atoms. The number of rotatable bonds is 12. The minimum Gasteiger partial charge on any atom is -0.494 e. The molecule has 2 aromatic rings. The average molecular weight is 505 g/mol. The van der Waals surface area contributed by atoms with Gasteiger partial charge in [0, 0.05) is 9.99 Å². The van der Waals surface area contributed by atoms with Crippen LogP contribution in [0.25, 0.3) is 0 Å². The molecule has 152 valence electrons. The molecule has 1 atom stereocenters. The summed E-state index contributed by atoms with van der Waals surface area (Å²) in [5.74, 6) is -0.323. The van der Waals surface area contributed by atoms with E-state index < -0.39 is 17.8 Å². The zero-order valence-electron chi connectivity index (χ0n) is 16.3. The molecule has 0 spiro atoms. The van der Waals surface area contributed by atoms with Crippen molar-refractivity contribution in [3.8, 4) is 5.75 Å². The largest absolute Gasteiger partial charge is 0.494 e. The smallest absolute Gasteiger partial charge is 0.328 e. The highest BCUT2D eigenvalue weighted by Crippen LogP contribution is 2.14. The second-order valence-corrected chi connectivity index (χ2v) is 7.88. The highest BCUT2D eigenvalue weighted by Gasteiger charge is 2.21. The van der Waals surface area contributed by atoms with Crippen LogP contribution < -0.4 is 10.1 Å². The van der Waals surface area contributed by atoms with Crippen molar-refractivity contribution in [3.05, 3.63) is 63.7 Å². The van der Waals surface area contributed by atoms with Gasteiger partial charge in [0.25, 0.3) is 0 Å². The molecular weight excluding hydrogens is 480 g/mol. The first-order valence-corrected chi connectivity index (χ1v) is 10.8. The number of carbonyl (C=O) groups excluding carboxylic acids is 2. The number of halogens is 1. The summed E-state index contributed by atoms with van der Waals surface area (Å²) in [5, 5.41) is 2.46. The van der Waals surface area contributed by atoms with E-state index in [1.807, 2.05) is 54.6 Å². The minimum absolute atomic E-state index is 0.322. The molecule has 0 aliphatic heterocycles. The number of amides is 1. The third-order valence-electron chi connectivity index (χ3n) is 4.25. The Morgan fingerprint density at radius 2 is 1.59 bits per heavy atom. The normalized spacial score (nSPS) is 11.5. The van der Waals surface area contributed by atoms with Crippen molar-refractivity contribution < 1.29 is 19.1 Å². The highest BCUT2D eigenvalue weighted by atomic mass is 127.